The van der Waals surface area contributed by atoms with Crippen LogP contribution in [0.5, 0.6) is 5.75 Å². The lowest BCUT2D eigenvalue weighted by atomic mass is 10.1. The Balaban J connectivity index is 2.89. The first kappa shape index (κ1) is 16.6. The summed E-state index contributed by atoms with van der Waals surface area (Å²) in [5.74, 6) is -0.130. The van der Waals surface area contributed by atoms with Crippen LogP contribution in [0.4, 0.5) is 13.2 Å². The second kappa shape index (κ2) is 7.94. The zero-order valence-corrected chi connectivity index (χ0v) is 11.8. The minimum Gasteiger partial charge on any atom is -0.489 e. The Morgan fingerprint density at radius 3 is 2.65 bits per heavy atom. The van der Waals surface area contributed by atoms with Crippen LogP contribution in [0.15, 0.2) is 30.4 Å². The molecule has 0 spiro atoms. The molecule has 0 aromatic heterocycles. The van der Waals surface area contributed by atoms with Gasteiger partial charge >= 0.3 is 6.18 Å². The Labute approximate surface area is 117 Å². The minimum absolute atomic E-state index is 0.130. The van der Waals surface area contributed by atoms with Crippen LogP contribution < -0.4 is 10.1 Å². The fraction of sp³-hybridized carbons (Fsp3) is 0.467. The molecule has 0 aliphatic rings. The molecule has 0 aliphatic carbocycles. The number of alkyl halides is 3. The van der Waals surface area contributed by atoms with Crippen molar-refractivity contribution < 1.29 is 17.9 Å². The van der Waals surface area contributed by atoms with Crippen molar-refractivity contribution in [1.29, 1.82) is 0 Å². The molecule has 1 N–H and O–H groups in total. The van der Waals surface area contributed by atoms with E-state index in [0.29, 0.717) is 12.1 Å². The van der Waals surface area contributed by atoms with Crippen LogP contribution in [-0.2, 0) is 12.7 Å². The van der Waals surface area contributed by atoms with Crippen molar-refractivity contribution in [2.75, 3.05) is 13.2 Å². The van der Waals surface area contributed by atoms with Gasteiger partial charge in [0.05, 0.1) is 5.56 Å². The normalized spacial score (nSPS) is 12.1. The quantitative estimate of drug-likeness (QED) is 0.600. The smallest absolute Gasteiger partial charge is 0.419 e. The maximum atomic E-state index is 13.0. The van der Waals surface area contributed by atoms with E-state index in [1.807, 2.05) is 6.92 Å². The van der Waals surface area contributed by atoms with E-state index in [-0.39, 0.29) is 12.4 Å². The van der Waals surface area contributed by atoms with Gasteiger partial charge in [0.2, 0.25) is 0 Å². The summed E-state index contributed by atoms with van der Waals surface area (Å²) in [5.41, 5.74) is -0.123. The third-order valence-corrected chi connectivity index (χ3v) is 2.68. The summed E-state index contributed by atoms with van der Waals surface area (Å²) in [6.07, 6.45) is -0.0735. The third-order valence-electron chi connectivity index (χ3n) is 2.68. The van der Waals surface area contributed by atoms with E-state index < -0.39 is 11.7 Å². The highest BCUT2D eigenvalue weighted by Gasteiger charge is 2.34. The predicted octanol–water partition coefficient (Wildman–Crippen LogP) is 4.16. The van der Waals surface area contributed by atoms with Gasteiger partial charge in [0.15, 0.2) is 0 Å². The summed E-state index contributed by atoms with van der Waals surface area (Å²) < 4.78 is 44.2. The average molecular weight is 287 g/mol. The summed E-state index contributed by atoms with van der Waals surface area (Å²) in [6, 6.07) is 4.19. The van der Waals surface area contributed by atoms with E-state index in [9.17, 15) is 13.2 Å². The number of hydrogen-bond donors (Lipinski definition) is 1. The minimum atomic E-state index is -4.41. The second-order valence-corrected chi connectivity index (χ2v) is 4.39. The summed E-state index contributed by atoms with van der Waals surface area (Å²) in [5, 5.41) is 3.08. The van der Waals surface area contributed by atoms with E-state index >= 15 is 0 Å². The Kier molecular flexibility index (Phi) is 6.58. The largest absolute Gasteiger partial charge is 0.489 e. The summed E-state index contributed by atoms with van der Waals surface area (Å²) in [7, 11) is 0. The lowest BCUT2D eigenvalue weighted by Crippen LogP contribution is -2.15. The fourth-order valence-corrected chi connectivity index (χ4v) is 1.68. The molecule has 0 bridgehead atoms. The van der Waals surface area contributed by atoms with Crippen molar-refractivity contribution in [1.82, 2.24) is 5.32 Å². The van der Waals surface area contributed by atoms with Gasteiger partial charge in [-0.25, -0.2) is 0 Å². The maximum Gasteiger partial charge on any atom is 0.419 e. The molecule has 5 heteroatoms. The van der Waals surface area contributed by atoms with Crippen LogP contribution in [0.2, 0.25) is 0 Å². The monoisotopic (exact) mass is 287 g/mol. The molecular weight excluding hydrogens is 267 g/mol. The maximum absolute atomic E-state index is 13.0. The highest BCUT2D eigenvalue weighted by molar-refractivity contribution is 5.39. The molecule has 2 nitrogen and oxygen atoms in total. The predicted molar refractivity (Wildman–Crippen MR) is 73.8 cm³/mol. The number of rotatable bonds is 7. The van der Waals surface area contributed by atoms with Crippen LogP contribution in [0.3, 0.4) is 0 Å². The number of ether oxygens (including phenoxy) is 1. The van der Waals surface area contributed by atoms with Crippen molar-refractivity contribution in [3.8, 4) is 5.75 Å². The third kappa shape index (κ3) is 5.25. The number of benzene rings is 1. The lowest BCUT2D eigenvalue weighted by molar-refractivity contribution is -0.138. The van der Waals surface area contributed by atoms with E-state index in [0.717, 1.165) is 19.0 Å². The van der Waals surface area contributed by atoms with Gasteiger partial charge in [-0.05, 0) is 37.6 Å². The van der Waals surface area contributed by atoms with Gasteiger partial charge in [-0.1, -0.05) is 25.1 Å². The zero-order valence-electron chi connectivity index (χ0n) is 11.8. The van der Waals surface area contributed by atoms with E-state index in [1.165, 1.54) is 6.07 Å². The van der Waals surface area contributed by atoms with Gasteiger partial charge < -0.3 is 10.1 Å². The Morgan fingerprint density at radius 1 is 1.30 bits per heavy atom. The fourth-order valence-electron chi connectivity index (χ4n) is 1.68. The molecule has 112 valence electrons. The standard InChI is InChI=1S/C15H20F3NO/c1-3-5-9-20-14-7-6-12(11-19-8-4-2)10-13(14)15(16,17)18/h3,5-7,10,19H,4,8-9,11H2,1-2H3. The van der Waals surface area contributed by atoms with Gasteiger partial charge in [0.1, 0.15) is 12.4 Å². The number of halogens is 3. The van der Waals surface area contributed by atoms with Crippen molar-refractivity contribution in [3.63, 3.8) is 0 Å². The van der Waals surface area contributed by atoms with Crippen LogP contribution in [0, 0.1) is 0 Å². The van der Waals surface area contributed by atoms with Crippen molar-refractivity contribution in [2.45, 2.75) is 33.0 Å². The molecule has 20 heavy (non-hydrogen) atoms. The molecular formula is C15H20F3NO. The molecule has 0 amide bonds. The molecule has 1 aromatic rings. The SMILES string of the molecule is CC=CCOc1ccc(CNCCC)cc1C(F)(F)F. The summed E-state index contributed by atoms with van der Waals surface area (Å²) in [4.78, 5) is 0. The lowest BCUT2D eigenvalue weighted by Gasteiger charge is -2.15. The Morgan fingerprint density at radius 2 is 2.05 bits per heavy atom. The molecule has 0 unspecified atom stereocenters. The van der Waals surface area contributed by atoms with Gasteiger partial charge in [-0.15, -0.1) is 0 Å². The molecule has 0 saturated heterocycles. The van der Waals surface area contributed by atoms with Crippen LogP contribution >= 0.6 is 0 Å². The van der Waals surface area contributed by atoms with E-state index in [2.05, 4.69) is 5.32 Å². The topological polar surface area (TPSA) is 21.3 Å². The molecule has 0 saturated carbocycles. The first-order valence-electron chi connectivity index (χ1n) is 6.63. The van der Waals surface area contributed by atoms with E-state index in [1.54, 1.807) is 25.1 Å². The zero-order chi connectivity index (χ0) is 15.0. The highest BCUT2D eigenvalue weighted by Crippen LogP contribution is 2.36. The molecule has 0 fully saturated rings. The van der Waals surface area contributed by atoms with Gasteiger partial charge in [0.25, 0.3) is 0 Å². The molecule has 0 radical (unpaired) electrons. The van der Waals surface area contributed by atoms with Crippen molar-refractivity contribution >= 4 is 0 Å². The van der Waals surface area contributed by atoms with Gasteiger partial charge in [0, 0.05) is 6.54 Å². The van der Waals surface area contributed by atoms with Crippen LogP contribution in [-0.4, -0.2) is 13.2 Å². The van der Waals surface area contributed by atoms with Crippen molar-refractivity contribution in [3.05, 3.63) is 41.5 Å². The highest BCUT2D eigenvalue weighted by atomic mass is 19.4. The number of nitrogens with one attached hydrogen (secondary N) is 1. The molecule has 1 aromatic carbocycles. The second-order valence-electron chi connectivity index (χ2n) is 4.39. The Hall–Kier alpha value is -1.49. The number of allylic oxidation sites excluding steroid dienone is 1. The number of hydrogen-bond acceptors (Lipinski definition) is 2. The van der Waals surface area contributed by atoms with Gasteiger partial charge in [-0.2, -0.15) is 13.2 Å². The average Bonchev–Trinajstić information content (AvgIpc) is 2.39. The summed E-state index contributed by atoms with van der Waals surface area (Å²) >= 11 is 0. The van der Waals surface area contributed by atoms with Crippen LogP contribution in [0.1, 0.15) is 31.4 Å². The van der Waals surface area contributed by atoms with Crippen LogP contribution in [0.25, 0.3) is 0 Å². The first-order valence-corrected chi connectivity index (χ1v) is 6.63. The van der Waals surface area contributed by atoms with Gasteiger partial charge in [-0.3, -0.25) is 0 Å². The molecule has 1 rings (SSSR count). The van der Waals surface area contributed by atoms with E-state index in [4.69, 9.17) is 4.74 Å². The first-order chi connectivity index (χ1) is 9.49. The molecule has 0 aliphatic heterocycles. The summed E-state index contributed by atoms with van der Waals surface area (Å²) in [6.45, 7) is 5.13. The van der Waals surface area contributed by atoms with Crippen molar-refractivity contribution in [2.24, 2.45) is 0 Å². The molecule has 0 atom stereocenters. The molecule has 0 heterocycles. The Bertz CT molecular complexity index is 441.